The van der Waals surface area contributed by atoms with E-state index in [1.165, 1.54) is 5.56 Å². The fourth-order valence-corrected chi connectivity index (χ4v) is 1.90. The van der Waals surface area contributed by atoms with Crippen LogP contribution in [0.2, 0.25) is 0 Å². The van der Waals surface area contributed by atoms with E-state index in [0.29, 0.717) is 6.61 Å². The molecule has 0 aliphatic rings. The van der Waals surface area contributed by atoms with Crippen LogP contribution in [0.4, 0.5) is 0 Å². The molecule has 3 nitrogen and oxygen atoms in total. The van der Waals surface area contributed by atoms with Gasteiger partial charge in [-0.05, 0) is 44.1 Å². The first-order valence-electron chi connectivity index (χ1n) is 6.74. The van der Waals surface area contributed by atoms with Crippen LogP contribution in [0, 0.1) is 0 Å². The molecule has 18 heavy (non-hydrogen) atoms. The van der Waals surface area contributed by atoms with Crippen molar-refractivity contribution in [1.82, 2.24) is 5.32 Å². The van der Waals surface area contributed by atoms with Gasteiger partial charge in [-0.25, -0.2) is 0 Å². The Morgan fingerprint density at radius 3 is 2.44 bits per heavy atom. The van der Waals surface area contributed by atoms with Crippen molar-refractivity contribution in [3.05, 3.63) is 29.8 Å². The fourth-order valence-electron chi connectivity index (χ4n) is 1.90. The number of hydrogen-bond acceptors (Lipinski definition) is 3. The minimum Gasteiger partial charge on any atom is -0.494 e. The molecule has 0 bridgehead atoms. The lowest BCUT2D eigenvalue weighted by molar-refractivity contribution is 0.340. The molecule has 1 rings (SSSR count). The van der Waals surface area contributed by atoms with Crippen LogP contribution in [0.1, 0.15) is 32.8 Å². The summed E-state index contributed by atoms with van der Waals surface area (Å²) >= 11 is 0. The Bertz CT molecular complexity index is 333. The summed E-state index contributed by atoms with van der Waals surface area (Å²) in [5.74, 6) is 0.938. The van der Waals surface area contributed by atoms with Crippen molar-refractivity contribution in [2.75, 3.05) is 26.2 Å². The number of nitrogens with two attached hydrogens (primary N) is 1. The molecule has 0 aliphatic carbocycles. The average Bonchev–Trinajstić information content (AvgIpc) is 2.36. The van der Waals surface area contributed by atoms with Crippen molar-refractivity contribution in [3.63, 3.8) is 0 Å². The van der Waals surface area contributed by atoms with Crippen LogP contribution in [0.3, 0.4) is 0 Å². The summed E-state index contributed by atoms with van der Waals surface area (Å²) < 4.78 is 5.46. The zero-order valence-corrected chi connectivity index (χ0v) is 11.8. The molecule has 0 atom stereocenters. The van der Waals surface area contributed by atoms with Gasteiger partial charge in [0.15, 0.2) is 0 Å². The van der Waals surface area contributed by atoms with Crippen molar-refractivity contribution in [3.8, 4) is 5.75 Å². The first-order chi connectivity index (χ1) is 8.60. The van der Waals surface area contributed by atoms with Crippen LogP contribution in [0.25, 0.3) is 0 Å². The van der Waals surface area contributed by atoms with Crippen molar-refractivity contribution in [1.29, 1.82) is 0 Å². The van der Waals surface area contributed by atoms with Crippen molar-refractivity contribution in [2.24, 2.45) is 5.73 Å². The van der Waals surface area contributed by atoms with E-state index >= 15 is 0 Å². The molecule has 0 saturated carbocycles. The molecule has 0 aromatic heterocycles. The third-order valence-corrected chi connectivity index (χ3v) is 3.07. The smallest absolute Gasteiger partial charge is 0.119 e. The zero-order valence-electron chi connectivity index (χ0n) is 11.8. The molecule has 0 amide bonds. The topological polar surface area (TPSA) is 47.3 Å². The second-order valence-electron chi connectivity index (χ2n) is 5.16. The summed E-state index contributed by atoms with van der Waals surface area (Å²) in [5.41, 5.74) is 6.93. The van der Waals surface area contributed by atoms with E-state index in [9.17, 15) is 0 Å². The highest BCUT2D eigenvalue weighted by Gasteiger charge is 2.19. The van der Waals surface area contributed by atoms with Gasteiger partial charge in [0, 0.05) is 12.0 Å². The fraction of sp³-hybridized carbons (Fsp3) is 0.600. The molecule has 0 aliphatic heterocycles. The van der Waals surface area contributed by atoms with Crippen molar-refractivity contribution < 1.29 is 4.74 Å². The molecule has 102 valence electrons. The summed E-state index contributed by atoms with van der Waals surface area (Å²) in [4.78, 5) is 0. The SMILES string of the molecule is CCOc1ccc(C(C)(C)CNCCCN)cc1. The normalized spacial score (nSPS) is 11.6. The van der Waals surface area contributed by atoms with Crippen molar-refractivity contribution >= 4 is 0 Å². The van der Waals surface area contributed by atoms with Gasteiger partial charge in [-0.3, -0.25) is 0 Å². The quantitative estimate of drug-likeness (QED) is 0.696. The van der Waals surface area contributed by atoms with Crippen LogP contribution >= 0.6 is 0 Å². The lowest BCUT2D eigenvalue weighted by atomic mass is 9.84. The lowest BCUT2D eigenvalue weighted by Crippen LogP contribution is -2.34. The summed E-state index contributed by atoms with van der Waals surface area (Å²) in [7, 11) is 0. The largest absolute Gasteiger partial charge is 0.494 e. The summed E-state index contributed by atoms with van der Waals surface area (Å²) in [5, 5.41) is 3.45. The van der Waals surface area contributed by atoms with E-state index in [4.69, 9.17) is 10.5 Å². The van der Waals surface area contributed by atoms with E-state index in [1.807, 2.05) is 19.1 Å². The van der Waals surface area contributed by atoms with E-state index < -0.39 is 0 Å². The second kappa shape index (κ2) is 7.39. The van der Waals surface area contributed by atoms with Crippen LogP contribution in [-0.2, 0) is 5.41 Å². The predicted octanol–water partition coefficient (Wildman–Crippen LogP) is 2.30. The number of nitrogens with one attached hydrogen (secondary N) is 1. The zero-order chi connectivity index (χ0) is 13.4. The minimum absolute atomic E-state index is 0.124. The van der Waals surface area contributed by atoms with Gasteiger partial charge in [-0.1, -0.05) is 26.0 Å². The maximum Gasteiger partial charge on any atom is 0.119 e. The van der Waals surface area contributed by atoms with Gasteiger partial charge in [0.05, 0.1) is 6.61 Å². The molecule has 0 radical (unpaired) electrons. The van der Waals surface area contributed by atoms with E-state index in [-0.39, 0.29) is 5.41 Å². The molecule has 1 aromatic carbocycles. The molecule has 0 heterocycles. The first-order valence-corrected chi connectivity index (χ1v) is 6.74. The number of rotatable bonds is 8. The van der Waals surface area contributed by atoms with Gasteiger partial charge >= 0.3 is 0 Å². The molecular formula is C15H26N2O. The highest BCUT2D eigenvalue weighted by atomic mass is 16.5. The highest BCUT2D eigenvalue weighted by molar-refractivity contribution is 5.31. The van der Waals surface area contributed by atoms with E-state index in [1.54, 1.807) is 0 Å². The molecule has 0 saturated heterocycles. The molecular weight excluding hydrogens is 224 g/mol. The Morgan fingerprint density at radius 1 is 1.22 bits per heavy atom. The number of hydrogen-bond donors (Lipinski definition) is 2. The molecule has 0 fully saturated rings. The molecule has 0 spiro atoms. The van der Waals surface area contributed by atoms with Crippen LogP contribution in [0.5, 0.6) is 5.75 Å². The highest BCUT2D eigenvalue weighted by Crippen LogP contribution is 2.24. The van der Waals surface area contributed by atoms with Gasteiger partial charge in [0.1, 0.15) is 5.75 Å². The average molecular weight is 250 g/mol. The Balaban J connectivity index is 2.54. The van der Waals surface area contributed by atoms with Crippen LogP contribution in [0.15, 0.2) is 24.3 Å². The molecule has 3 heteroatoms. The Morgan fingerprint density at radius 2 is 1.89 bits per heavy atom. The summed E-state index contributed by atoms with van der Waals surface area (Å²) in [6.45, 7) is 9.90. The molecule has 0 unspecified atom stereocenters. The first kappa shape index (κ1) is 15.0. The maximum absolute atomic E-state index is 5.48. The van der Waals surface area contributed by atoms with Gasteiger partial charge in [0.25, 0.3) is 0 Å². The Hall–Kier alpha value is -1.06. The standard InChI is InChI=1S/C15H26N2O/c1-4-18-14-8-6-13(7-9-14)15(2,3)12-17-11-5-10-16/h6-9,17H,4-5,10-12,16H2,1-3H3. The summed E-state index contributed by atoms with van der Waals surface area (Å²) in [6, 6.07) is 8.38. The predicted molar refractivity (Wildman–Crippen MR) is 77.2 cm³/mol. The summed E-state index contributed by atoms with van der Waals surface area (Å²) in [6.07, 6.45) is 1.03. The minimum atomic E-state index is 0.124. The Labute approximate surface area is 111 Å². The number of ether oxygens (including phenoxy) is 1. The van der Waals surface area contributed by atoms with Crippen LogP contribution < -0.4 is 15.8 Å². The lowest BCUT2D eigenvalue weighted by Gasteiger charge is -2.26. The van der Waals surface area contributed by atoms with E-state index in [2.05, 4.69) is 31.3 Å². The molecule has 1 aromatic rings. The third kappa shape index (κ3) is 4.67. The molecule has 3 N–H and O–H groups in total. The van der Waals surface area contributed by atoms with Gasteiger partial charge in [0.2, 0.25) is 0 Å². The number of benzene rings is 1. The van der Waals surface area contributed by atoms with Gasteiger partial charge in [-0.2, -0.15) is 0 Å². The third-order valence-electron chi connectivity index (χ3n) is 3.07. The maximum atomic E-state index is 5.48. The second-order valence-corrected chi connectivity index (χ2v) is 5.16. The van der Waals surface area contributed by atoms with Gasteiger partial charge in [-0.15, -0.1) is 0 Å². The Kier molecular flexibility index (Phi) is 6.16. The monoisotopic (exact) mass is 250 g/mol. The van der Waals surface area contributed by atoms with Gasteiger partial charge < -0.3 is 15.8 Å². The van der Waals surface area contributed by atoms with E-state index in [0.717, 1.165) is 31.8 Å². The van der Waals surface area contributed by atoms with Crippen molar-refractivity contribution in [2.45, 2.75) is 32.6 Å². The van der Waals surface area contributed by atoms with Crippen LogP contribution in [-0.4, -0.2) is 26.2 Å².